The Hall–Kier alpha value is -3.57. The van der Waals surface area contributed by atoms with E-state index in [0.29, 0.717) is 11.5 Å². The van der Waals surface area contributed by atoms with E-state index in [9.17, 15) is 18.0 Å². The number of nitrogens with one attached hydrogen (secondary N) is 2. The molecule has 1 aromatic carbocycles. The summed E-state index contributed by atoms with van der Waals surface area (Å²) in [5, 5.41) is 6.64. The van der Waals surface area contributed by atoms with Crippen molar-refractivity contribution in [1.29, 1.82) is 0 Å². The van der Waals surface area contributed by atoms with E-state index in [2.05, 4.69) is 20.1 Å². The second-order valence-electron chi connectivity index (χ2n) is 7.19. The van der Waals surface area contributed by atoms with Gasteiger partial charge in [-0.05, 0) is 63.2 Å². The van der Waals surface area contributed by atoms with Crippen LogP contribution in [0.1, 0.15) is 31.1 Å². The van der Waals surface area contributed by atoms with Crippen molar-refractivity contribution in [3.05, 3.63) is 66.6 Å². The molecule has 0 radical (unpaired) electrons. The molecule has 0 saturated carbocycles. The smallest absolute Gasteiger partial charge is 0.340 e. The van der Waals surface area contributed by atoms with E-state index in [1.165, 1.54) is 43.5 Å². The number of amides is 1. The quantitative estimate of drug-likeness (QED) is 0.495. The van der Waals surface area contributed by atoms with Crippen LogP contribution in [0.25, 0.3) is 5.82 Å². The highest BCUT2D eigenvalue weighted by atomic mass is 32.2. The fourth-order valence-electron chi connectivity index (χ4n) is 2.67. The summed E-state index contributed by atoms with van der Waals surface area (Å²) in [6.07, 6.45) is 3.59. The number of esters is 1. The van der Waals surface area contributed by atoms with E-state index in [1.54, 1.807) is 43.1 Å². The molecule has 2 heterocycles. The number of hydrogen-bond donors (Lipinski definition) is 2. The van der Waals surface area contributed by atoms with Crippen LogP contribution in [-0.4, -0.2) is 47.2 Å². The third kappa shape index (κ3) is 5.77. The molecule has 3 aromatic rings. The summed E-state index contributed by atoms with van der Waals surface area (Å²) >= 11 is 0. The van der Waals surface area contributed by atoms with Crippen LogP contribution in [-0.2, 0) is 19.6 Å². The number of aromatic nitrogens is 3. The van der Waals surface area contributed by atoms with Crippen molar-refractivity contribution < 1.29 is 22.7 Å². The van der Waals surface area contributed by atoms with Crippen molar-refractivity contribution in [3.63, 3.8) is 0 Å². The highest BCUT2D eigenvalue weighted by Crippen LogP contribution is 2.15. The minimum absolute atomic E-state index is 0.0785. The maximum Gasteiger partial charge on any atom is 0.340 e. The van der Waals surface area contributed by atoms with Gasteiger partial charge in [0.05, 0.1) is 10.5 Å². The van der Waals surface area contributed by atoms with Crippen molar-refractivity contribution in [3.8, 4) is 5.82 Å². The first kappa shape index (κ1) is 23.1. The maximum atomic E-state index is 12.4. The van der Waals surface area contributed by atoms with Crippen molar-refractivity contribution in [1.82, 2.24) is 19.5 Å². The third-order valence-corrected chi connectivity index (χ3v) is 5.87. The Morgan fingerprint density at radius 2 is 1.78 bits per heavy atom. The zero-order chi connectivity index (χ0) is 23.3. The molecule has 1 amide bonds. The van der Waals surface area contributed by atoms with Gasteiger partial charge in [-0.25, -0.2) is 27.6 Å². The number of pyridine rings is 1. The predicted octanol–water partition coefficient (Wildman–Crippen LogP) is 2.14. The number of carbonyl (C=O) groups is 2. The standard InChI is InChI=1S/C21H23N5O5S/c1-14(2)25-32(29,30)18-8-6-17(7-9-18)24-20(27)15(3)31-21(28)16-5-10-19(22-13-16)26-12-4-11-23-26/h4-15,25H,1-3H3,(H,24,27). The van der Waals surface area contributed by atoms with Crippen molar-refractivity contribution in [2.75, 3.05) is 5.32 Å². The van der Waals surface area contributed by atoms with Crippen LogP contribution in [0.4, 0.5) is 5.69 Å². The lowest BCUT2D eigenvalue weighted by molar-refractivity contribution is -0.123. The second kappa shape index (κ2) is 9.71. The first-order valence-electron chi connectivity index (χ1n) is 9.76. The summed E-state index contributed by atoms with van der Waals surface area (Å²) in [6, 6.07) is 10.3. The summed E-state index contributed by atoms with van der Waals surface area (Å²) in [4.78, 5) is 28.9. The van der Waals surface area contributed by atoms with Crippen LogP contribution in [0.5, 0.6) is 0 Å². The average Bonchev–Trinajstić information content (AvgIpc) is 3.28. The molecule has 0 fully saturated rings. The van der Waals surface area contributed by atoms with Gasteiger partial charge >= 0.3 is 5.97 Å². The number of benzene rings is 1. The molecule has 0 spiro atoms. The lowest BCUT2D eigenvalue weighted by Gasteiger charge is -2.14. The van der Waals surface area contributed by atoms with Crippen molar-refractivity contribution >= 4 is 27.6 Å². The number of nitrogens with zero attached hydrogens (tertiary/aromatic N) is 3. The highest BCUT2D eigenvalue weighted by Gasteiger charge is 2.20. The van der Waals surface area contributed by atoms with Gasteiger partial charge in [0.1, 0.15) is 0 Å². The minimum Gasteiger partial charge on any atom is -0.449 e. The van der Waals surface area contributed by atoms with E-state index >= 15 is 0 Å². The summed E-state index contributed by atoms with van der Waals surface area (Å²) < 4.78 is 33.6. The fourth-order valence-corrected chi connectivity index (χ4v) is 3.92. The zero-order valence-corrected chi connectivity index (χ0v) is 18.5. The summed E-state index contributed by atoms with van der Waals surface area (Å²) in [5.74, 6) is -0.727. The normalized spacial score (nSPS) is 12.4. The Bertz CT molecular complexity index is 1170. The highest BCUT2D eigenvalue weighted by molar-refractivity contribution is 7.89. The predicted molar refractivity (Wildman–Crippen MR) is 117 cm³/mol. The van der Waals surface area contributed by atoms with E-state index in [4.69, 9.17) is 4.74 Å². The van der Waals surface area contributed by atoms with Crippen LogP contribution < -0.4 is 10.0 Å². The van der Waals surface area contributed by atoms with Gasteiger partial charge in [0, 0.05) is 30.3 Å². The Balaban J connectivity index is 1.58. The molecule has 0 aliphatic rings. The molecule has 1 unspecified atom stereocenters. The van der Waals surface area contributed by atoms with Gasteiger partial charge in [0.15, 0.2) is 11.9 Å². The van der Waals surface area contributed by atoms with Gasteiger partial charge in [-0.3, -0.25) is 4.79 Å². The lowest BCUT2D eigenvalue weighted by Crippen LogP contribution is -2.30. The summed E-state index contributed by atoms with van der Waals surface area (Å²) in [5.41, 5.74) is 0.555. The molecular weight excluding hydrogens is 434 g/mol. The molecule has 11 heteroatoms. The Morgan fingerprint density at radius 1 is 1.06 bits per heavy atom. The van der Waals surface area contributed by atoms with Crippen LogP contribution in [0.3, 0.4) is 0 Å². The molecule has 0 saturated heterocycles. The van der Waals surface area contributed by atoms with E-state index < -0.39 is 28.0 Å². The molecule has 10 nitrogen and oxygen atoms in total. The topological polar surface area (TPSA) is 132 Å². The summed E-state index contributed by atoms with van der Waals surface area (Å²) in [6.45, 7) is 4.88. The van der Waals surface area contributed by atoms with Crippen LogP contribution in [0.15, 0.2) is 66.0 Å². The van der Waals surface area contributed by atoms with Gasteiger partial charge in [-0.15, -0.1) is 0 Å². The lowest BCUT2D eigenvalue weighted by atomic mass is 10.2. The van der Waals surface area contributed by atoms with Gasteiger partial charge in [-0.2, -0.15) is 5.10 Å². The van der Waals surface area contributed by atoms with Crippen molar-refractivity contribution in [2.45, 2.75) is 37.8 Å². The van der Waals surface area contributed by atoms with E-state index in [-0.39, 0.29) is 16.5 Å². The number of hydrogen-bond acceptors (Lipinski definition) is 7. The van der Waals surface area contributed by atoms with Crippen LogP contribution >= 0.6 is 0 Å². The monoisotopic (exact) mass is 457 g/mol. The number of sulfonamides is 1. The van der Waals surface area contributed by atoms with Gasteiger partial charge < -0.3 is 10.1 Å². The van der Waals surface area contributed by atoms with Gasteiger partial charge in [-0.1, -0.05) is 0 Å². The average molecular weight is 458 g/mol. The number of carbonyl (C=O) groups excluding carboxylic acids is 2. The van der Waals surface area contributed by atoms with E-state index in [0.717, 1.165) is 0 Å². The molecule has 1 atom stereocenters. The molecular formula is C21H23N5O5S. The molecule has 0 bridgehead atoms. The molecule has 168 valence electrons. The SMILES string of the molecule is CC(C)NS(=O)(=O)c1ccc(NC(=O)C(C)OC(=O)c2ccc(-n3cccn3)nc2)cc1. The largest absolute Gasteiger partial charge is 0.449 e. The maximum absolute atomic E-state index is 12.4. The molecule has 0 aliphatic carbocycles. The first-order chi connectivity index (χ1) is 15.2. The molecule has 3 rings (SSSR count). The first-order valence-corrected chi connectivity index (χ1v) is 11.2. The Morgan fingerprint density at radius 3 is 2.34 bits per heavy atom. The van der Waals surface area contributed by atoms with Crippen LogP contribution in [0, 0.1) is 0 Å². The summed E-state index contributed by atoms with van der Waals surface area (Å²) in [7, 11) is -3.63. The van der Waals surface area contributed by atoms with Gasteiger partial charge in [0.2, 0.25) is 10.0 Å². The Kier molecular flexibility index (Phi) is 7.01. The fraction of sp³-hybridized carbons (Fsp3) is 0.238. The molecule has 32 heavy (non-hydrogen) atoms. The second-order valence-corrected chi connectivity index (χ2v) is 8.91. The number of rotatable bonds is 8. The van der Waals surface area contributed by atoms with Crippen LogP contribution in [0.2, 0.25) is 0 Å². The molecule has 2 aromatic heterocycles. The van der Waals surface area contributed by atoms with Crippen molar-refractivity contribution in [2.24, 2.45) is 0 Å². The van der Waals surface area contributed by atoms with Gasteiger partial charge in [0.25, 0.3) is 5.91 Å². The minimum atomic E-state index is -3.63. The number of anilines is 1. The number of ether oxygens (including phenoxy) is 1. The zero-order valence-electron chi connectivity index (χ0n) is 17.7. The third-order valence-electron chi connectivity index (χ3n) is 4.20. The molecule has 0 aliphatic heterocycles. The molecule has 2 N–H and O–H groups in total. The van der Waals surface area contributed by atoms with E-state index in [1.807, 2.05) is 0 Å². The Labute approximate surface area is 185 Å².